The monoisotopic (exact) mass is 278 g/mol. The molecular weight excluding hydrogens is 268 g/mol. The van der Waals surface area contributed by atoms with E-state index in [1.54, 1.807) is 0 Å². The lowest BCUT2D eigenvalue weighted by molar-refractivity contribution is 0.0697. The van der Waals surface area contributed by atoms with Crippen LogP contribution in [0.15, 0.2) is 53.7 Å². The van der Waals surface area contributed by atoms with Crippen LogP contribution in [0.3, 0.4) is 0 Å². The Labute approximate surface area is 109 Å². The molecule has 0 saturated carbocycles. The third-order valence-electron chi connectivity index (χ3n) is 2.33. The lowest BCUT2D eigenvalue weighted by Crippen LogP contribution is -2.13. The Balaban J connectivity index is 2.24. The van der Waals surface area contributed by atoms with Crippen LogP contribution in [0.25, 0.3) is 0 Å². The maximum Gasteiger partial charge on any atom is 0.335 e. The Morgan fingerprint density at radius 1 is 1.16 bits per heavy atom. The van der Waals surface area contributed by atoms with E-state index in [2.05, 4.69) is 9.71 Å². The molecule has 7 heteroatoms. The number of benzene rings is 1. The maximum absolute atomic E-state index is 12.0. The summed E-state index contributed by atoms with van der Waals surface area (Å²) in [6.45, 7) is 0. The number of aromatic nitrogens is 1. The minimum atomic E-state index is -3.71. The summed E-state index contributed by atoms with van der Waals surface area (Å²) in [5, 5.41) is 8.74. The maximum atomic E-state index is 12.0. The van der Waals surface area contributed by atoms with E-state index in [1.165, 1.54) is 48.8 Å². The smallest absolute Gasteiger partial charge is 0.335 e. The van der Waals surface area contributed by atoms with Crippen molar-refractivity contribution in [3.63, 3.8) is 0 Å². The highest BCUT2D eigenvalue weighted by Crippen LogP contribution is 2.15. The number of nitrogens with one attached hydrogen (secondary N) is 1. The summed E-state index contributed by atoms with van der Waals surface area (Å²) in [5.41, 5.74) is 0.373. The largest absolute Gasteiger partial charge is 0.478 e. The molecule has 2 rings (SSSR count). The van der Waals surface area contributed by atoms with E-state index in [0.717, 1.165) is 0 Å². The summed E-state index contributed by atoms with van der Waals surface area (Å²) in [4.78, 5) is 14.4. The van der Waals surface area contributed by atoms with Gasteiger partial charge in [0.25, 0.3) is 10.0 Å². The van der Waals surface area contributed by atoms with Crippen LogP contribution in [0.1, 0.15) is 10.4 Å². The van der Waals surface area contributed by atoms with Crippen molar-refractivity contribution in [1.82, 2.24) is 4.98 Å². The van der Waals surface area contributed by atoms with Crippen molar-refractivity contribution in [1.29, 1.82) is 0 Å². The standard InChI is InChI=1S/C12H10N2O4S/c15-12(16)9-3-5-10(6-4-9)14-19(17,18)11-2-1-7-13-8-11/h1-8,14H,(H,15,16). The number of carbonyl (C=O) groups is 1. The second-order valence-electron chi connectivity index (χ2n) is 3.68. The van der Waals surface area contributed by atoms with Gasteiger partial charge in [-0.05, 0) is 36.4 Å². The fourth-order valence-corrected chi connectivity index (χ4v) is 2.42. The Kier molecular flexibility index (Phi) is 3.48. The first kappa shape index (κ1) is 13.0. The molecule has 0 spiro atoms. The van der Waals surface area contributed by atoms with Gasteiger partial charge in [-0.25, -0.2) is 13.2 Å². The molecule has 1 heterocycles. The van der Waals surface area contributed by atoms with E-state index >= 15 is 0 Å². The van der Waals surface area contributed by atoms with Crippen LogP contribution in [0.4, 0.5) is 5.69 Å². The quantitative estimate of drug-likeness (QED) is 0.885. The van der Waals surface area contributed by atoms with Gasteiger partial charge in [0.1, 0.15) is 4.90 Å². The van der Waals surface area contributed by atoms with Crippen molar-refractivity contribution in [3.05, 3.63) is 54.4 Å². The molecular formula is C12H10N2O4S. The lowest BCUT2D eigenvalue weighted by atomic mass is 10.2. The Morgan fingerprint density at radius 2 is 1.84 bits per heavy atom. The number of nitrogens with zero attached hydrogens (tertiary/aromatic N) is 1. The van der Waals surface area contributed by atoms with Crippen molar-refractivity contribution < 1.29 is 18.3 Å². The summed E-state index contributed by atoms with van der Waals surface area (Å²) >= 11 is 0. The Hall–Kier alpha value is -2.41. The highest BCUT2D eigenvalue weighted by molar-refractivity contribution is 7.92. The molecule has 19 heavy (non-hydrogen) atoms. The topological polar surface area (TPSA) is 96.4 Å². The Bertz CT molecular complexity index is 681. The second kappa shape index (κ2) is 5.07. The molecule has 0 fully saturated rings. The van der Waals surface area contributed by atoms with Gasteiger partial charge in [-0.2, -0.15) is 0 Å². The number of pyridine rings is 1. The first-order valence-corrected chi connectivity index (χ1v) is 6.73. The molecule has 2 N–H and O–H groups in total. The van der Waals surface area contributed by atoms with E-state index in [9.17, 15) is 13.2 Å². The molecule has 0 saturated heterocycles. The molecule has 0 radical (unpaired) electrons. The number of rotatable bonds is 4. The normalized spacial score (nSPS) is 10.9. The predicted molar refractivity (Wildman–Crippen MR) is 68.4 cm³/mol. The van der Waals surface area contributed by atoms with Crippen molar-refractivity contribution in [2.24, 2.45) is 0 Å². The number of hydrogen-bond acceptors (Lipinski definition) is 4. The lowest BCUT2D eigenvalue weighted by Gasteiger charge is -2.07. The average molecular weight is 278 g/mol. The van der Waals surface area contributed by atoms with E-state index in [0.29, 0.717) is 0 Å². The van der Waals surface area contributed by atoms with Crippen molar-refractivity contribution in [2.45, 2.75) is 4.90 Å². The van der Waals surface area contributed by atoms with Crippen LogP contribution >= 0.6 is 0 Å². The minimum Gasteiger partial charge on any atom is -0.478 e. The molecule has 0 amide bonds. The number of carboxylic acids is 1. The molecule has 98 valence electrons. The number of hydrogen-bond donors (Lipinski definition) is 2. The predicted octanol–water partition coefficient (Wildman–Crippen LogP) is 1.58. The molecule has 2 aromatic rings. The van der Waals surface area contributed by atoms with Gasteiger partial charge in [0.2, 0.25) is 0 Å². The zero-order valence-electron chi connectivity index (χ0n) is 9.65. The molecule has 6 nitrogen and oxygen atoms in total. The third-order valence-corrected chi connectivity index (χ3v) is 3.70. The van der Waals surface area contributed by atoms with E-state index < -0.39 is 16.0 Å². The molecule has 0 aliphatic rings. The Morgan fingerprint density at radius 3 is 2.37 bits per heavy atom. The number of aromatic carboxylic acids is 1. The summed E-state index contributed by atoms with van der Waals surface area (Å²) in [7, 11) is -3.71. The molecule has 0 atom stereocenters. The second-order valence-corrected chi connectivity index (χ2v) is 5.36. The van der Waals surface area contributed by atoms with Crippen molar-refractivity contribution in [2.75, 3.05) is 4.72 Å². The fraction of sp³-hybridized carbons (Fsp3) is 0. The average Bonchev–Trinajstić information content (AvgIpc) is 2.40. The van der Waals surface area contributed by atoms with Crippen LogP contribution in [0, 0.1) is 0 Å². The van der Waals surface area contributed by atoms with E-state index in [-0.39, 0.29) is 16.1 Å². The summed E-state index contributed by atoms with van der Waals surface area (Å²) in [6, 6.07) is 8.35. The van der Waals surface area contributed by atoms with Gasteiger partial charge in [-0.3, -0.25) is 9.71 Å². The van der Waals surface area contributed by atoms with Gasteiger partial charge in [0.15, 0.2) is 0 Å². The zero-order valence-corrected chi connectivity index (χ0v) is 10.5. The first-order chi connectivity index (χ1) is 8.99. The van der Waals surface area contributed by atoms with Crippen LogP contribution in [-0.4, -0.2) is 24.5 Å². The summed E-state index contributed by atoms with van der Waals surface area (Å²) in [5.74, 6) is -1.07. The van der Waals surface area contributed by atoms with Gasteiger partial charge >= 0.3 is 5.97 Å². The fourth-order valence-electron chi connectivity index (χ4n) is 1.40. The highest BCUT2D eigenvalue weighted by atomic mass is 32.2. The molecule has 0 unspecified atom stereocenters. The van der Waals surface area contributed by atoms with E-state index in [1.807, 2.05) is 0 Å². The summed E-state index contributed by atoms with van der Waals surface area (Å²) < 4.78 is 26.2. The van der Waals surface area contributed by atoms with Crippen LogP contribution < -0.4 is 4.72 Å². The highest BCUT2D eigenvalue weighted by Gasteiger charge is 2.14. The molecule has 0 aliphatic heterocycles. The molecule has 1 aromatic carbocycles. The number of sulfonamides is 1. The van der Waals surface area contributed by atoms with Crippen LogP contribution in [-0.2, 0) is 10.0 Å². The number of anilines is 1. The third kappa shape index (κ3) is 3.08. The van der Waals surface area contributed by atoms with Gasteiger partial charge in [0.05, 0.1) is 5.56 Å². The SMILES string of the molecule is O=C(O)c1ccc(NS(=O)(=O)c2cccnc2)cc1. The van der Waals surface area contributed by atoms with E-state index in [4.69, 9.17) is 5.11 Å². The van der Waals surface area contributed by atoms with Crippen LogP contribution in [0.5, 0.6) is 0 Å². The van der Waals surface area contributed by atoms with Gasteiger partial charge in [0, 0.05) is 18.1 Å². The van der Waals surface area contributed by atoms with Crippen molar-refractivity contribution >= 4 is 21.7 Å². The van der Waals surface area contributed by atoms with Crippen molar-refractivity contribution in [3.8, 4) is 0 Å². The summed E-state index contributed by atoms with van der Waals surface area (Å²) in [6.07, 6.45) is 2.70. The molecule has 1 aromatic heterocycles. The minimum absolute atomic E-state index is 0.0392. The van der Waals surface area contributed by atoms with Crippen LogP contribution in [0.2, 0.25) is 0 Å². The zero-order chi connectivity index (χ0) is 13.9. The molecule has 0 bridgehead atoms. The van der Waals surface area contributed by atoms with Gasteiger partial charge in [-0.1, -0.05) is 0 Å². The van der Waals surface area contributed by atoms with Gasteiger partial charge < -0.3 is 5.11 Å². The number of carboxylic acid groups (broad SMARTS) is 1. The van der Waals surface area contributed by atoms with Gasteiger partial charge in [-0.15, -0.1) is 0 Å². The molecule has 0 aliphatic carbocycles. The first-order valence-electron chi connectivity index (χ1n) is 5.25.